The van der Waals surface area contributed by atoms with Gasteiger partial charge in [0.1, 0.15) is 12.4 Å². The molecule has 0 bridgehead atoms. The van der Waals surface area contributed by atoms with E-state index in [9.17, 15) is 18.8 Å². The van der Waals surface area contributed by atoms with Gasteiger partial charge in [-0.05, 0) is 49.4 Å². The highest BCUT2D eigenvalue weighted by molar-refractivity contribution is 7.16. The predicted octanol–water partition coefficient (Wildman–Crippen LogP) is 2.93. The van der Waals surface area contributed by atoms with Crippen LogP contribution in [-0.4, -0.2) is 36.1 Å². The number of hydrogen-bond donors (Lipinski definition) is 0. The summed E-state index contributed by atoms with van der Waals surface area (Å²) in [6.45, 7) is 1.80. The van der Waals surface area contributed by atoms with Gasteiger partial charge in [-0.25, -0.2) is 9.18 Å². The number of carbonyl (C=O) groups excluding carboxylic acids is 3. The Labute approximate surface area is 169 Å². The van der Waals surface area contributed by atoms with E-state index in [2.05, 4.69) is 4.99 Å². The molecule has 0 saturated carbocycles. The van der Waals surface area contributed by atoms with E-state index in [0.29, 0.717) is 15.8 Å². The Morgan fingerprint density at radius 2 is 1.79 bits per heavy atom. The molecule has 0 radical (unpaired) electrons. The van der Waals surface area contributed by atoms with Crippen LogP contribution in [0, 0.1) is 5.82 Å². The molecule has 0 aliphatic heterocycles. The zero-order valence-electron chi connectivity index (χ0n) is 15.7. The number of thiazole rings is 1. The maximum atomic E-state index is 13.1. The highest BCUT2D eigenvalue weighted by atomic mass is 32.1. The molecule has 0 unspecified atom stereocenters. The van der Waals surface area contributed by atoms with Gasteiger partial charge in [0.05, 0.1) is 29.5 Å². The number of ether oxygens (including phenoxy) is 2. The van der Waals surface area contributed by atoms with Crippen LogP contribution in [0.5, 0.6) is 0 Å². The molecule has 3 aromatic rings. The maximum absolute atomic E-state index is 13.1. The molecular formula is C20H17FN2O5S. The molecule has 0 N–H and O–H groups in total. The number of fused-ring (bicyclic) bond motifs is 1. The van der Waals surface area contributed by atoms with Gasteiger partial charge in [-0.2, -0.15) is 4.99 Å². The van der Waals surface area contributed by atoms with Crippen molar-refractivity contribution in [3.05, 3.63) is 64.2 Å². The van der Waals surface area contributed by atoms with E-state index < -0.39 is 23.7 Å². The summed E-state index contributed by atoms with van der Waals surface area (Å²) in [6, 6.07) is 9.85. The zero-order valence-corrected chi connectivity index (χ0v) is 16.5. The lowest BCUT2D eigenvalue weighted by atomic mass is 10.2. The molecule has 0 saturated heterocycles. The summed E-state index contributed by atoms with van der Waals surface area (Å²) < 4.78 is 25.0. The van der Waals surface area contributed by atoms with E-state index in [1.807, 2.05) is 0 Å². The van der Waals surface area contributed by atoms with E-state index >= 15 is 0 Å². The quantitative estimate of drug-likeness (QED) is 0.597. The second-order valence-corrected chi connectivity index (χ2v) is 6.88. The Bertz CT molecular complexity index is 1150. The summed E-state index contributed by atoms with van der Waals surface area (Å²) >= 11 is 1.14. The smallest absolute Gasteiger partial charge is 0.338 e. The number of hydrogen-bond acceptors (Lipinski definition) is 6. The van der Waals surface area contributed by atoms with Gasteiger partial charge in [0.25, 0.3) is 5.91 Å². The van der Waals surface area contributed by atoms with Crippen LogP contribution >= 0.6 is 11.3 Å². The standard InChI is InChI=1S/C20H17FN2O5S/c1-3-28-19(26)13-6-9-15-16(10-13)29-20(23(15)11-17(24)27-2)22-18(25)12-4-7-14(21)8-5-12/h4-10H,3,11H2,1-2H3. The van der Waals surface area contributed by atoms with E-state index in [4.69, 9.17) is 9.47 Å². The minimum Gasteiger partial charge on any atom is -0.468 e. The monoisotopic (exact) mass is 416 g/mol. The Morgan fingerprint density at radius 3 is 2.45 bits per heavy atom. The van der Waals surface area contributed by atoms with E-state index in [1.165, 1.54) is 35.9 Å². The van der Waals surface area contributed by atoms with Gasteiger partial charge in [0, 0.05) is 5.56 Å². The molecule has 0 spiro atoms. The molecule has 1 aromatic heterocycles. The van der Waals surface area contributed by atoms with Gasteiger partial charge in [0.15, 0.2) is 4.80 Å². The number of amides is 1. The molecule has 0 atom stereocenters. The Hall–Kier alpha value is -3.33. The lowest BCUT2D eigenvalue weighted by Gasteiger charge is -2.05. The van der Waals surface area contributed by atoms with Gasteiger partial charge in [-0.15, -0.1) is 0 Å². The average molecular weight is 416 g/mol. The average Bonchev–Trinajstić information content (AvgIpc) is 3.04. The molecule has 29 heavy (non-hydrogen) atoms. The summed E-state index contributed by atoms with van der Waals surface area (Å²) in [6.07, 6.45) is 0. The van der Waals surface area contributed by atoms with Crippen molar-refractivity contribution in [2.24, 2.45) is 4.99 Å². The highest BCUT2D eigenvalue weighted by Gasteiger charge is 2.15. The van der Waals surface area contributed by atoms with Crippen LogP contribution in [0.4, 0.5) is 4.39 Å². The number of carbonyl (C=O) groups is 3. The molecule has 0 fully saturated rings. The predicted molar refractivity (Wildman–Crippen MR) is 104 cm³/mol. The fourth-order valence-corrected chi connectivity index (χ4v) is 3.66. The number of halogens is 1. The fourth-order valence-electron chi connectivity index (χ4n) is 2.59. The summed E-state index contributed by atoms with van der Waals surface area (Å²) in [5, 5.41) is 0. The van der Waals surface area contributed by atoms with Gasteiger partial charge >= 0.3 is 11.9 Å². The molecule has 7 nitrogen and oxygen atoms in total. The first-order valence-electron chi connectivity index (χ1n) is 8.65. The molecule has 1 amide bonds. The minimum atomic E-state index is -0.583. The summed E-state index contributed by atoms with van der Waals surface area (Å²) in [4.78, 5) is 40.7. The lowest BCUT2D eigenvalue weighted by molar-refractivity contribution is -0.141. The van der Waals surface area contributed by atoms with Crippen molar-refractivity contribution < 1.29 is 28.2 Å². The van der Waals surface area contributed by atoms with Gasteiger partial charge in [-0.1, -0.05) is 11.3 Å². The van der Waals surface area contributed by atoms with Gasteiger partial charge in [-0.3, -0.25) is 9.59 Å². The number of methoxy groups -OCH3 is 1. The van der Waals surface area contributed by atoms with Crippen LogP contribution in [0.25, 0.3) is 10.2 Å². The van der Waals surface area contributed by atoms with Crippen molar-refractivity contribution in [3.8, 4) is 0 Å². The highest BCUT2D eigenvalue weighted by Crippen LogP contribution is 2.20. The fraction of sp³-hybridized carbons (Fsp3) is 0.200. The first kappa shape index (κ1) is 20.4. The van der Waals surface area contributed by atoms with E-state index in [0.717, 1.165) is 11.3 Å². The molecule has 0 aliphatic carbocycles. The van der Waals surface area contributed by atoms with Crippen LogP contribution in [0.1, 0.15) is 27.6 Å². The third kappa shape index (κ3) is 4.57. The summed E-state index contributed by atoms with van der Waals surface area (Å²) in [5.74, 6) is -2.03. The Balaban J connectivity index is 2.11. The van der Waals surface area contributed by atoms with Gasteiger partial charge in [0.2, 0.25) is 0 Å². The molecule has 2 aromatic carbocycles. The number of esters is 2. The Kier molecular flexibility index (Phi) is 6.18. The largest absolute Gasteiger partial charge is 0.468 e. The van der Waals surface area contributed by atoms with Crippen LogP contribution in [-0.2, 0) is 20.8 Å². The van der Waals surface area contributed by atoms with E-state index in [1.54, 1.807) is 25.1 Å². The van der Waals surface area contributed by atoms with Gasteiger partial charge < -0.3 is 14.0 Å². The summed E-state index contributed by atoms with van der Waals surface area (Å²) in [5.41, 5.74) is 1.17. The molecule has 1 heterocycles. The third-order valence-electron chi connectivity index (χ3n) is 4.00. The second kappa shape index (κ2) is 8.78. The number of nitrogens with zero attached hydrogens (tertiary/aromatic N) is 2. The second-order valence-electron chi connectivity index (χ2n) is 5.87. The van der Waals surface area contributed by atoms with Crippen molar-refractivity contribution in [1.82, 2.24) is 4.57 Å². The van der Waals surface area contributed by atoms with Crippen LogP contribution < -0.4 is 4.80 Å². The molecule has 150 valence electrons. The van der Waals surface area contributed by atoms with E-state index in [-0.39, 0.29) is 23.5 Å². The van der Waals surface area contributed by atoms with Crippen LogP contribution in [0.15, 0.2) is 47.5 Å². The molecule has 3 rings (SSSR count). The SMILES string of the molecule is CCOC(=O)c1ccc2c(c1)sc(=NC(=O)c1ccc(F)cc1)n2CC(=O)OC. The lowest BCUT2D eigenvalue weighted by Crippen LogP contribution is -2.22. The first-order valence-corrected chi connectivity index (χ1v) is 9.46. The first-order chi connectivity index (χ1) is 13.9. The van der Waals surface area contributed by atoms with Crippen LogP contribution in [0.3, 0.4) is 0 Å². The van der Waals surface area contributed by atoms with Crippen LogP contribution in [0.2, 0.25) is 0 Å². The molecular weight excluding hydrogens is 399 g/mol. The normalized spacial score (nSPS) is 11.5. The van der Waals surface area contributed by atoms with Crippen molar-refractivity contribution in [3.63, 3.8) is 0 Å². The third-order valence-corrected chi connectivity index (χ3v) is 5.04. The summed E-state index contributed by atoms with van der Waals surface area (Å²) in [7, 11) is 1.26. The zero-order chi connectivity index (χ0) is 21.0. The molecule has 9 heteroatoms. The molecule has 0 aliphatic rings. The topological polar surface area (TPSA) is 87.0 Å². The number of rotatable bonds is 5. The van der Waals surface area contributed by atoms with Crippen molar-refractivity contribution >= 4 is 39.4 Å². The minimum absolute atomic E-state index is 0.162. The number of benzene rings is 2. The maximum Gasteiger partial charge on any atom is 0.338 e. The Morgan fingerprint density at radius 1 is 1.10 bits per heavy atom. The van der Waals surface area contributed by atoms with Crippen molar-refractivity contribution in [2.75, 3.05) is 13.7 Å². The number of aromatic nitrogens is 1. The van der Waals surface area contributed by atoms with Crippen molar-refractivity contribution in [2.45, 2.75) is 13.5 Å². The van der Waals surface area contributed by atoms with Crippen molar-refractivity contribution in [1.29, 1.82) is 0 Å².